The van der Waals surface area contributed by atoms with Crippen molar-refractivity contribution in [3.8, 4) is 0 Å². The number of urea groups is 1. The van der Waals surface area contributed by atoms with E-state index < -0.39 is 16.1 Å². The second-order valence-corrected chi connectivity index (χ2v) is 4.72. The van der Waals surface area contributed by atoms with Crippen LogP contribution in [0.4, 0.5) is 4.79 Å². The molecule has 1 aromatic carbocycles. The van der Waals surface area contributed by atoms with Crippen LogP contribution in [0.15, 0.2) is 29.2 Å². The number of amides is 2. The Labute approximate surface area is 93.9 Å². The van der Waals surface area contributed by atoms with E-state index in [-0.39, 0.29) is 11.4 Å². The highest BCUT2D eigenvalue weighted by molar-refractivity contribution is 7.90. The van der Waals surface area contributed by atoms with E-state index in [1.807, 2.05) is 4.72 Å². The van der Waals surface area contributed by atoms with Crippen LogP contribution in [0.2, 0.25) is 0 Å². The highest BCUT2D eigenvalue weighted by atomic mass is 32.2. The number of hydrogen-bond donors (Lipinski definition) is 3. The fourth-order valence-electron chi connectivity index (χ4n) is 1.07. The average molecular weight is 243 g/mol. The summed E-state index contributed by atoms with van der Waals surface area (Å²) in [6, 6.07) is 5.31. The second kappa shape index (κ2) is 4.95. The number of nitrogens with one attached hydrogen (secondary N) is 2. The minimum atomic E-state index is -3.82. The Hall–Kier alpha value is -1.60. The van der Waals surface area contributed by atoms with Crippen molar-refractivity contribution >= 4 is 16.1 Å². The third kappa shape index (κ3) is 2.94. The third-order valence-electron chi connectivity index (χ3n) is 1.90. The van der Waals surface area contributed by atoms with Crippen LogP contribution in [0.5, 0.6) is 0 Å². The molecule has 1 rings (SSSR count). The molecule has 0 saturated carbocycles. The molecule has 0 unspecified atom stereocenters. The van der Waals surface area contributed by atoms with E-state index in [0.717, 1.165) is 0 Å². The van der Waals surface area contributed by atoms with Crippen LogP contribution < -0.4 is 15.8 Å². The molecular formula is C9H13N3O3S. The lowest BCUT2D eigenvalue weighted by Gasteiger charge is -2.07. The molecule has 0 atom stereocenters. The quantitative estimate of drug-likeness (QED) is 0.682. The molecule has 4 N–H and O–H groups in total. The topological polar surface area (TPSA) is 101 Å². The molecule has 0 spiro atoms. The lowest BCUT2D eigenvalue weighted by atomic mass is 10.2. The number of nitrogens with two attached hydrogens (primary N) is 1. The van der Waals surface area contributed by atoms with Crippen molar-refractivity contribution in [3.63, 3.8) is 0 Å². The molecule has 88 valence electrons. The number of hydrogen-bond acceptors (Lipinski definition) is 4. The summed E-state index contributed by atoms with van der Waals surface area (Å²) in [7, 11) is -2.49. The number of carbonyl (C=O) groups is 1. The summed E-state index contributed by atoms with van der Waals surface area (Å²) in [4.78, 5) is 10.9. The van der Waals surface area contributed by atoms with Gasteiger partial charge in [0, 0.05) is 13.6 Å². The first-order valence-corrected chi connectivity index (χ1v) is 6.01. The standard InChI is InChI=1S/C9H13N3O3S/c1-11-9(13)12-16(14,15)8-4-2-3-7(5-8)6-10/h2-5H,6,10H2,1H3,(H2,11,12,13). The van der Waals surface area contributed by atoms with Gasteiger partial charge in [-0.3, -0.25) is 0 Å². The number of benzene rings is 1. The van der Waals surface area contributed by atoms with Gasteiger partial charge in [-0.05, 0) is 17.7 Å². The van der Waals surface area contributed by atoms with Crippen LogP contribution in [-0.2, 0) is 16.6 Å². The lowest BCUT2D eigenvalue weighted by molar-refractivity contribution is 0.248. The van der Waals surface area contributed by atoms with Gasteiger partial charge in [-0.15, -0.1) is 0 Å². The highest BCUT2D eigenvalue weighted by Gasteiger charge is 2.16. The molecule has 0 saturated heterocycles. The molecule has 7 heteroatoms. The summed E-state index contributed by atoms with van der Waals surface area (Å²) in [5.41, 5.74) is 6.08. The predicted molar refractivity (Wildman–Crippen MR) is 59.1 cm³/mol. The maximum absolute atomic E-state index is 11.7. The van der Waals surface area contributed by atoms with E-state index in [1.165, 1.54) is 19.2 Å². The van der Waals surface area contributed by atoms with Crippen LogP contribution in [0.25, 0.3) is 0 Å². The van der Waals surface area contributed by atoms with Crippen molar-refractivity contribution in [1.29, 1.82) is 0 Å². The number of rotatable bonds is 3. The van der Waals surface area contributed by atoms with Gasteiger partial charge in [-0.1, -0.05) is 12.1 Å². The van der Waals surface area contributed by atoms with E-state index >= 15 is 0 Å². The van der Waals surface area contributed by atoms with Gasteiger partial charge in [0.1, 0.15) is 0 Å². The van der Waals surface area contributed by atoms with Gasteiger partial charge in [0.25, 0.3) is 10.0 Å². The predicted octanol–water partition coefficient (Wildman–Crippen LogP) is -0.237. The number of carbonyl (C=O) groups excluding carboxylic acids is 1. The second-order valence-electron chi connectivity index (χ2n) is 3.04. The Morgan fingerprint density at radius 3 is 2.69 bits per heavy atom. The van der Waals surface area contributed by atoms with Gasteiger partial charge in [-0.2, -0.15) is 0 Å². The van der Waals surface area contributed by atoms with E-state index in [2.05, 4.69) is 5.32 Å². The summed E-state index contributed by atoms with van der Waals surface area (Å²) in [5.74, 6) is 0. The first-order valence-electron chi connectivity index (χ1n) is 4.53. The van der Waals surface area contributed by atoms with Gasteiger partial charge >= 0.3 is 6.03 Å². The molecule has 0 aromatic heterocycles. The van der Waals surface area contributed by atoms with Crippen LogP contribution in [0.3, 0.4) is 0 Å². The normalized spacial score (nSPS) is 10.9. The Morgan fingerprint density at radius 2 is 2.12 bits per heavy atom. The van der Waals surface area contributed by atoms with Gasteiger partial charge in [0.05, 0.1) is 4.90 Å². The maximum atomic E-state index is 11.7. The monoisotopic (exact) mass is 243 g/mol. The smallest absolute Gasteiger partial charge is 0.328 e. The Bertz CT molecular complexity index is 485. The maximum Gasteiger partial charge on any atom is 0.328 e. The minimum absolute atomic E-state index is 0.0130. The third-order valence-corrected chi connectivity index (χ3v) is 3.23. The molecule has 0 radical (unpaired) electrons. The molecule has 2 amide bonds. The first-order chi connectivity index (χ1) is 7.49. The van der Waals surface area contributed by atoms with Crippen molar-refractivity contribution in [3.05, 3.63) is 29.8 Å². The Balaban J connectivity index is 3.02. The summed E-state index contributed by atoms with van der Waals surface area (Å²) in [6.07, 6.45) is 0. The van der Waals surface area contributed by atoms with E-state index in [4.69, 9.17) is 5.73 Å². The Kier molecular flexibility index (Phi) is 3.86. The Morgan fingerprint density at radius 1 is 1.44 bits per heavy atom. The van der Waals surface area contributed by atoms with Crippen LogP contribution in [-0.4, -0.2) is 21.5 Å². The van der Waals surface area contributed by atoms with Crippen molar-refractivity contribution in [1.82, 2.24) is 10.0 Å². The molecule has 0 aliphatic rings. The summed E-state index contributed by atoms with van der Waals surface area (Å²) in [6.45, 7) is 0.239. The van der Waals surface area contributed by atoms with Gasteiger partial charge in [-0.25, -0.2) is 17.9 Å². The van der Waals surface area contributed by atoms with Crippen molar-refractivity contribution in [2.45, 2.75) is 11.4 Å². The largest absolute Gasteiger partial charge is 0.340 e. The van der Waals surface area contributed by atoms with Gasteiger partial charge in [0.2, 0.25) is 0 Å². The zero-order valence-electron chi connectivity index (χ0n) is 8.73. The molecule has 1 aromatic rings. The average Bonchev–Trinajstić information content (AvgIpc) is 2.28. The summed E-state index contributed by atoms with van der Waals surface area (Å²) < 4.78 is 25.2. The van der Waals surface area contributed by atoms with E-state index in [0.29, 0.717) is 5.56 Å². The number of sulfonamides is 1. The fraction of sp³-hybridized carbons (Fsp3) is 0.222. The molecule has 16 heavy (non-hydrogen) atoms. The van der Waals surface area contributed by atoms with Gasteiger partial charge < -0.3 is 11.1 Å². The highest BCUT2D eigenvalue weighted by Crippen LogP contribution is 2.10. The summed E-state index contributed by atoms with van der Waals surface area (Å²) >= 11 is 0. The molecule has 0 fully saturated rings. The summed E-state index contributed by atoms with van der Waals surface area (Å²) in [5, 5.41) is 2.17. The van der Waals surface area contributed by atoms with Crippen LogP contribution in [0, 0.1) is 0 Å². The molecule has 0 aliphatic carbocycles. The van der Waals surface area contributed by atoms with Crippen molar-refractivity contribution < 1.29 is 13.2 Å². The van der Waals surface area contributed by atoms with Crippen LogP contribution in [0.1, 0.15) is 5.56 Å². The van der Waals surface area contributed by atoms with Crippen molar-refractivity contribution in [2.24, 2.45) is 5.73 Å². The molecule has 0 aliphatic heterocycles. The van der Waals surface area contributed by atoms with Gasteiger partial charge in [0.15, 0.2) is 0 Å². The SMILES string of the molecule is CNC(=O)NS(=O)(=O)c1cccc(CN)c1. The fourth-order valence-corrected chi connectivity index (χ4v) is 2.10. The van der Waals surface area contributed by atoms with E-state index in [1.54, 1.807) is 12.1 Å². The molecule has 0 bridgehead atoms. The van der Waals surface area contributed by atoms with E-state index in [9.17, 15) is 13.2 Å². The molecular weight excluding hydrogens is 230 g/mol. The van der Waals surface area contributed by atoms with Crippen LogP contribution >= 0.6 is 0 Å². The molecule has 0 heterocycles. The molecule has 6 nitrogen and oxygen atoms in total. The first kappa shape index (κ1) is 12.5. The minimum Gasteiger partial charge on any atom is -0.340 e. The zero-order valence-corrected chi connectivity index (χ0v) is 9.54. The lowest BCUT2D eigenvalue weighted by Crippen LogP contribution is -2.37. The van der Waals surface area contributed by atoms with Crippen molar-refractivity contribution in [2.75, 3.05) is 7.05 Å². The zero-order chi connectivity index (χ0) is 12.2.